The highest BCUT2D eigenvalue weighted by Gasteiger charge is 2.19. The van der Waals surface area contributed by atoms with Crippen LogP contribution in [0.5, 0.6) is 11.5 Å². The van der Waals surface area contributed by atoms with Gasteiger partial charge in [0.05, 0.1) is 5.69 Å². The van der Waals surface area contributed by atoms with Gasteiger partial charge in [0.15, 0.2) is 12.7 Å². The first-order chi connectivity index (χ1) is 11.9. The standard InChI is InChI=1S/C19H20N2O4/c1-11-6-12(2)8-15(7-11)25-13(3)19(23)20-14-4-5-17-16(9-14)21-18(22)10-24-17/h4-9,13H,10H2,1-3H3,(H,20,23)(H,21,22)/t13-/m0/s1. The number of benzene rings is 2. The predicted molar refractivity (Wildman–Crippen MR) is 95.2 cm³/mol. The molecule has 0 fully saturated rings. The van der Waals surface area contributed by atoms with Crippen molar-refractivity contribution in [1.82, 2.24) is 0 Å². The number of hydrogen-bond donors (Lipinski definition) is 2. The Morgan fingerprint density at radius 3 is 2.64 bits per heavy atom. The lowest BCUT2D eigenvalue weighted by Crippen LogP contribution is -2.30. The molecule has 1 atom stereocenters. The van der Waals surface area contributed by atoms with Crippen LogP contribution in [0.4, 0.5) is 11.4 Å². The fraction of sp³-hybridized carbons (Fsp3) is 0.263. The molecule has 2 aromatic carbocycles. The van der Waals surface area contributed by atoms with E-state index in [4.69, 9.17) is 9.47 Å². The molecule has 0 aromatic heterocycles. The zero-order valence-corrected chi connectivity index (χ0v) is 14.4. The molecule has 1 aliphatic rings. The average molecular weight is 340 g/mol. The molecule has 1 aliphatic heterocycles. The number of aryl methyl sites for hydroxylation is 2. The van der Waals surface area contributed by atoms with Crippen LogP contribution in [0.2, 0.25) is 0 Å². The van der Waals surface area contributed by atoms with Gasteiger partial charge in [-0.05, 0) is 62.2 Å². The lowest BCUT2D eigenvalue weighted by molar-refractivity contribution is -0.122. The summed E-state index contributed by atoms with van der Waals surface area (Å²) in [5, 5.41) is 5.49. The summed E-state index contributed by atoms with van der Waals surface area (Å²) >= 11 is 0. The van der Waals surface area contributed by atoms with Gasteiger partial charge in [-0.3, -0.25) is 9.59 Å². The minimum absolute atomic E-state index is 0.000507. The molecule has 0 radical (unpaired) electrons. The van der Waals surface area contributed by atoms with Crippen LogP contribution in [0.15, 0.2) is 36.4 Å². The minimum Gasteiger partial charge on any atom is -0.482 e. The molecule has 1 heterocycles. The monoisotopic (exact) mass is 340 g/mol. The van der Waals surface area contributed by atoms with Crippen LogP contribution >= 0.6 is 0 Å². The summed E-state index contributed by atoms with van der Waals surface area (Å²) in [6.07, 6.45) is -0.664. The third-order valence-electron chi connectivity index (χ3n) is 3.76. The number of ether oxygens (including phenoxy) is 2. The summed E-state index contributed by atoms with van der Waals surface area (Å²) < 4.78 is 11.0. The quantitative estimate of drug-likeness (QED) is 0.897. The van der Waals surface area contributed by atoms with Crippen molar-refractivity contribution < 1.29 is 19.1 Å². The van der Waals surface area contributed by atoms with Crippen LogP contribution in [-0.4, -0.2) is 24.5 Å². The van der Waals surface area contributed by atoms with Crippen molar-refractivity contribution in [1.29, 1.82) is 0 Å². The molecule has 0 aliphatic carbocycles. The van der Waals surface area contributed by atoms with E-state index in [2.05, 4.69) is 10.6 Å². The Morgan fingerprint density at radius 1 is 1.20 bits per heavy atom. The summed E-state index contributed by atoms with van der Waals surface area (Å²) in [6, 6.07) is 10.9. The SMILES string of the molecule is Cc1cc(C)cc(O[C@@H](C)C(=O)Nc2ccc3c(c2)NC(=O)CO3)c1. The molecule has 0 saturated heterocycles. The third-order valence-corrected chi connectivity index (χ3v) is 3.76. The molecule has 0 bridgehead atoms. The van der Waals surface area contributed by atoms with Crippen LogP contribution in [0.3, 0.4) is 0 Å². The van der Waals surface area contributed by atoms with Gasteiger partial charge in [0.25, 0.3) is 11.8 Å². The fourth-order valence-electron chi connectivity index (χ4n) is 2.66. The van der Waals surface area contributed by atoms with Gasteiger partial charge in [0.1, 0.15) is 11.5 Å². The van der Waals surface area contributed by atoms with E-state index in [9.17, 15) is 9.59 Å². The first-order valence-electron chi connectivity index (χ1n) is 8.03. The number of carbonyl (C=O) groups is 2. The maximum Gasteiger partial charge on any atom is 0.265 e. The first-order valence-corrected chi connectivity index (χ1v) is 8.03. The van der Waals surface area contributed by atoms with Crippen molar-refractivity contribution in [2.24, 2.45) is 0 Å². The van der Waals surface area contributed by atoms with Crippen LogP contribution in [0.25, 0.3) is 0 Å². The summed E-state index contributed by atoms with van der Waals surface area (Å²) in [5.74, 6) is 0.744. The Labute approximate surface area is 146 Å². The minimum atomic E-state index is -0.664. The number of nitrogens with one attached hydrogen (secondary N) is 2. The Balaban J connectivity index is 1.67. The molecule has 2 amide bonds. The van der Waals surface area contributed by atoms with Gasteiger partial charge in [0.2, 0.25) is 0 Å². The smallest absolute Gasteiger partial charge is 0.265 e. The first kappa shape index (κ1) is 16.8. The summed E-state index contributed by atoms with van der Waals surface area (Å²) in [4.78, 5) is 23.7. The normalized spacial score (nSPS) is 14.0. The van der Waals surface area contributed by atoms with Gasteiger partial charge < -0.3 is 20.1 Å². The average Bonchev–Trinajstić information content (AvgIpc) is 2.53. The Hall–Kier alpha value is -3.02. The number of amides is 2. The summed E-state index contributed by atoms with van der Waals surface area (Å²) in [7, 11) is 0. The van der Waals surface area contributed by atoms with E-state index in [1.807, 2.05) is 32.0 Å². The third kappa shape index (κ3) is 4.09. The maximum absolute atomic E-state index is 12.4. The highest BCUT2D eigenvalue weighted by molar-refractivity contribution is 5.98. The van der Waals surface area contributed by atoms with Gasteiger partial charge in [-0.1, -0.05) is 6.07 Å². The van der Waals surface area contributed by atoms with Gasteiger partial charge in [-0.15, -0.1) is 0 Å². The van der Waals surface area contributed by atoms with Crippen molar-refractivity contribution in [2.75, 3.05) is 17.2 Å². The number of carbonyl (C=O) groups excluding carboxylic acids is 2. The van der Waals surface area contributed by atoms with Crippen LogP contribution < -0.4 is 20.1 Å². The number of hydrogen-bond acceptors (Lipinski definition) is 4. The molecular weight excluding hydrogens is 320 g/mol. The van der Waals surface area contributed by atoms with Crippen LogP contribution in [-0.2, 0) is 9.59 Å². The molecule has 25 heavy (non-hydrogen) atoms. The second-order valence-electron chi connectivity index (χ2n) is 6.12. The molecule has 0 saturated carbocycles. The fourth-order valence-corrected chi connectivity index (χ4v) is 2.66. The number of anilines is 2. The Morgan fingerprint density at radius 2 is 1.92 bits per heavy atom. The number of rotatable bonds is 4. The highest BCUT2D eigenvalue weighted by atomic mass is 16.5. The molecular formula is C19H20N2O4. The molecule has 6 nitrogen and oxygen atoms in total. The second kappa shape index (κ2) is 6.84. The van der Waals surface area contributed by atoms with E-state index in [1.165, 1.54) is 0 Å². The maximum atomic E-state index is 12.4. The lowest BCUT2D eigenvalue weighted by Gasteiger charge is -2.19. The zero-order valence-electron chi connectivity index (χ0n) is 14.4. The topological polar surface area (TPSA) is 76.7 Å². The Kier molecular flexibility index (Phi) is 4.61. The molecule has 2 N–H and O–H groups in total. The van der Waals surface area contributed by atoms with Crippen molar-refractivity contribution in [3.63, 3.8) is 0 Å². The van der Waals surface area contributed by atoms with Gasteiger partial charge in [-0.2, -0.15) is 0 Å². The second-order valence-corrected chi connectivity index (χ2v) is 6.12. The van der Waals surface area contributed by atoms with Gasteiger partial charge in [-0.25, -0.2) is 0 Å². The molecule has 2 aromatic rings. The summed E-state index contributed by atoms with van der Waals surface area (Å²) in [6.45, 7) is 5.65. The van der Waals surface area contributed by atoms with Gasteiger partial charge >= 0.3 is 0 Å². The van der Waals surface area contributed by atoms with E-state index in [0.29, 0.717) is 22.9 Å². The van der Waals surface area contributed by atoms with E-state index in [0.717, 1.165) is 11.1 Å². The van der Waals surface area contributed by atoms with Crippen molar-refractivity contribution >= 4 is 23.2 Å². The molecule has 0 unspecified atom stereocenters. The van der Waals surface area contributed by atoms with Crippen molar-refractivity contribution in [3.05, 3.63) is 47.5 Å². The van der Waals surface area contributed by atoms with Crippen LogP contribution in [0, 0.1) is 13.8 Å². The molecule has 6 heteroatoms. The van der Waals surface area contributed by atoms with E-state index in [-0.39, 0.29) is 18.4 Å². The number of fused-ring (bicyclic) bond motifs is 1. The summed E-state index contributed by atoms with van der Waals surface area (Å²) in [5.41, 5.74) is 3.25. The predicted octanol–water partition coefficient (Wildman–Crippen LogP) is 3.04. The van der Waals surface area contributed by atoms with E-state index >= 15 is 0 Å². The largest absolute Gasteiger partial charge is 0.482 e. The highest BCUT2D eigenvalue weighted by Crippen LogP contribution is 2.30. The van der Waals surface area contributed by atoms with E-state index in [1.54, 1.807) is 25.1 Å². The van der Waals surface area contributed by atoms with E-state index < -0.39 is 6.10 Å². The molecule has 3 rings (SSSR count). The van der Waals surface area contributed by atoms with Gasteiger partial charge in [0, 0.05) is 5.69 Å². The molecule has 0 spiro atoms. The van der Waals surface area contributed by atoms with Crippen molar-refractivity contribution in [3.8, 4) is 11.5 Å². The Bertz CT molecular complexity index is 812. The lowest BCUT2D eigenvalue weighted by atomic mass is 10.1. The zero-order chi connectivity index (χ0) is 18.0. The molecule has 130 valence electrons. The van der Waals surface area contributed by atoms with Crippen molar-refractivity contribution in [2.45, 2.75) is 26.9 Å². The van der Waals surface area contributed by atoms with Crippen LogP contribution in [0.1, 0.15) is 18.1 Å².